The molecule has 1 aromatic heterocycles. The molecule has 4 N–H and O–H groups in total. The Balaban J connectivity index is 2.66. The van der Waals surface area contributed by atoms with Gasteiger partial charge in [0.15, 0.2) is 5.84 Å². The summed E-state index contributed by atoms with van der Waals surface area (Å²) < 4.78 is 10.2. The molecule has 1 rings (SSSR count). The number of amides is 1. The van der Waals surface area contributed by atoms with Crippen LogP contribution in [0.4, 0.5) is 4.79 Å². The lowest BCUT2D eigenvalue weighted by Gasteiger charge is -2.17. The lowest BCUT2D eigenvalue weighted by Crippen LogP contribution is -2.24. The van der Waals surface area contributed by atoms with Crippen molar-refractivity contribution < 1.29 is 19.1 Å². The smallest absolute Gasteiger partial charge is 0.436 e. The fraction of sp³-hybridized carbons (Fsp3) is 0.500. The fourth-order valence-electron chi connectivity index (χ4n) is 1.16. The summed E-state index contributed by atoms with van der Waals surface area (Å²) >= 11 is 0. The molecule has 0 saturated heterocycles. The highest BCUT2D eigenvalue weighted by atomic mass is 16.6. The maximum atomic E-state index is 11.5. The maximum absolute atomic E-state index is 11.5. The third-order valence-electron chi connectivity index (χ3n) is 1.95. The molecule has 1 heterocycles. The molecule has 0 bridgehead atoms. The standard InChI is InChI=1S/C12H19N5O4/c1-12(2,3)21-11(18)17-10(13)8-6-16-9(7-15-8)19-4-5-20-14/h6-7H,4-5,14H2,1-3H3,(H2,13,17,18). The summed E-state index contributed by atoms with van der Waals surface area (Å²) in [5.41, 5.74) is 5.25. The van der Waals surface area contributed by atoms with E-state index < -0.39 is 11.7 Å². The molecule has 0 aromatic carbocycles. The zero-order chi connectivity index (χ0) is 15.9. The molecule has 9 nitrogen and oxygen atoms in total. The normalized spacial score (nSPS) is 12.1. The summed E-state index contributed by atoms with van der Waals surface area (Å²) in [6.07, 6.45) is 1.90. The van der Waals surface area contributed by atoms with E-state index in [1.165, 1.54) is 12.4 Å². The molecule has 0 fully saturated rings. The molecule has 1 aromatic rings. The molecule has 0 radical (unpaired) electrons. The Bertz CT molecular complexity index is 495. The number of nitrogens with two attached hydrogens (primary N) is 2. The van der Waals surface area contributed by atoms with Gasteiger partial charge >= 0.3 is 6.09 Å². The van der Waals surface area contributed by atoms with E-state index in [1.54, 1.807) is 20.8 Å². The minimum Gasteiger partial charge on any atom is -0.474 e. The third-order valence-corrected chi connectivity index (χ3v) is 1.95. The molecule has 0 aliphatic carbocycles. The Kier molecular flexibility index (Phi) is 6.00. The molecular weight excluding hydrogens is 278 g/mol. The van der Waals surface area contributed by atoms with E-state index >= 15 is 0 Å². The van der Waals surface area contributed by atoms with E-state index in [2.05, 4.69) is 19.8 Å². The number of carbonyl (C=O) groups is 1. The second-order valence-corrected chi connectivity index (χ2v) is 4.94. The first-order valence-corrected chi connectivity index (χ1v) is 6.16. The van der Waals surface area contributed by atoms with E-state index in [1.807, 2.05) is 0 Å². The van der Waals surface area contributed by atoms with Crippen molar-refractivity contribution in [1.82, 2.24) is 9.97 Å². The second-order valence-electron chi connectivity index (χ2n) is 4.94. The summed E-state index contributed by atoms with van der Waals surface area (Å²) in [6.45, 7) is 5.66. The van der Waals surface area contributed by atoms with Gasteiger partial charge < -0.3 is 20.0 Å². The van der Waals surface area contributed by atoms with E-state index in [0.29, 0.717) is 0 Å². The first kappa shape index (κ1) is 16.8. The minimum atomic E-state index is -0.790. The summed E-state index contributed by atoms with van der Waals surface area (Å²) in [5.74, 6) is 5.04. The van der Waals surface area contributed by atoms with Gasteiger partial charge in [0, 0.05) is 0 Å². The predicted octanol–water partition coefficient (Wildman–Crippen LogP) is 0.386. The predicted molar refractivity (Wildman–Crippen MR) is 74.6 cm³/mol. The number of hydrogen-bond donors (Lipinski definition) is 2. The van der Waals surface area contributed by atoms with Crippen LogP contribution in [0.15, 0.2) is 17.4 Å². The van der Waals surface area contributed by atoms with Crippen LogP contribution in [0.25, 0.3) is 0 Å². The number of amidine groups is 1. The SMILES string of the molecule is CC(C)(C)OC(=O)N=C(N)c1cnc(OCCON)cn1. The topological polar surface area (TPSA) is 135 Å². The highest BCUT2D eigenvalue weighted by Gasteiger charge is 2.16. The van der Waals surface area contributed by atoms with Gasteiger partial charge in [0.05, 0.1) is 12.4 Å². The van der Waals surface area contributed by atoms with Crippen LogP contribution in [-0.4, -0.2) is 40.7 Å². The summed E-state index contributed by atoms with van der Waals surface area (Å²) in [7, 11) is 0. The van der Waals surface area contributed by atoms with Gasteiger partial charge in [-0.25, -0.2) is 20.7 Å². The van der Waals surface area contributed by atoms with Crippen molar-refractivity contribution in [2.45, 2.75) is 26.4 Å². The maximum Gasteiger partial charge on any atom is 0.436 e. The van der Waals surface area contributed by atoms with Crippen LogP contribution in [-0.2, 0) is 9.57 Å². The van der Waals surface area contributed by atoms with Crippen LogP contribution in [0.5, 0.6) is 5.88 Å². The first-order chi connectivity index (χ1) is 9.81. The number of aromatic nitrogens is 2. The van der Waals surface area contributed by atoms with Gasteiger partial charge in [0.25, 0.3) is 0 Å². The van der Waals surface area contributed by atoms with E-state index in [0.717, 1.165) is 0 Å². The van der Waals surface area contributed by atoms with Crippen LogP contribution in [0, 0.1) is 0 Å². The Morgan fingerprint density at radius 2 is 2.00 bits per heavy atom. The Hall–Kier alpha value is -2.26. The number of rotatable bonds is 5. The van der Waals surface area contributed by atoms with Crippen molar-refractivity contribution in [3.05, 3.63) is 18.1 Å². The van der Waals surface area contributed by atoms with Crippen LogP contribution < -0.4 is 16.4 Å². The van der Waals surface area contributed by atoms with E-state index in [-0.39, 0.29) is 30.6 Å². The Labute approximate surface area is 122 Å². The van der Waals surface area contributed by atoms with Gasteiger partial charge in [0.2, 0.25) is 5.88 Å². The van der Waals surface area contributed by atoms with Crippen LogP contribution in [0.3, 0.4) is 0 Å². The Morgan fingerprint density at radius 3 is 2.52 bits per heavy atom. The number of ether oxygens (including phenoxy) is 2. The van der Waals surface area contributed by atoms with Crippen LogP contribution in [0.1, 0.15) is 26.5 Å². The summed E-state index contributed by atoms with van der Waals surface area (Å²) in [4.78, 5) is 27.4. The molecule has 116 valence electrons. The molecule has 0 spiro atoms. The molecule has 0 aliphatic rings. The van der Waals surface area contributed by atoms with Gasteiger partial charge in [-0.05, 0) is 20.8 Å². The van der Waals surface area contributed by atoms with Crippen molar-refractivity contribution >= 4 is 11.9 Å². The molecular formula is C12H19N5O4. The number of carbonyl (C=O) groups excluding carboxylic acids is 1. The molecule has 0 atom stereocenters. The lowest BCUT2D eigenvalue weighted by atomic mass is 10.2. The zero-order valence-corrected chi connectivity index (χ0v) is 12.2. The van der Waals surface area contributed by atoms with Gasteiger partial charge in [-0.1, -0.05) is 0 Å². The summed E-state index contributed by atoms with van der Waals surface area (Å²) in [6, 6.07) is 0. The molecule has 9 heteroatoms. The second kappa shape index (κ2) is 7.50. The minimum absolute atomic E-state index is 0.0893. The van der Waals surface area contributed by atoms with E-state index in [4.69, 9.17) is 21.1 Å². The average Bonchev–Trinajstić information content (AvgIpc) is 2.37. The van der Waals surface area contributed by atoms with Gasteiger partial charge in [0.1, 0.15) is 24.5 Å². The number of hydrogen-bond acceptors (Lipinski definition) is 7. The Morgan fingerprint density at radius 1 is 1.29 bits per heavy atom. The highest BCUT2D eigenvalue weighted by molar-refractivity contribution is 6.01. The average molecular weight is 297 g/mol. The van der Waals surface area contributed by atoms with Gasteiger partial charge in [-0.3, -0.25) is 0 Å². The van der Waals surface area contributed by atoms with E-state index in [9.17, 15) is 4.79 Å². The van der Waals surface area contributed by atoms with Gasteiger partial charge in [-0.15, -0.1) is 0 Å². The quantitative estimate of drug-likeness (QED) is 0.345. The molecule has 0 saturated carbocycles. The third kappa shape index (κ3) is 6.63. The van der Waals surface area contributed by atoms with Crippen molar-refractivity contribution in [1.29, 1.82) is 0 Å². The molecule has 0 aliphatic heterocycles. The van der Waals surface area contributed by atoms with Crippen molar-refractivity contribution in [2.75, 3.05) is 13.2 Å². The molecule has 21 heavy (non-hydrogen) atoms. The lowest BCUT2D eigenvalue weighted by molar-refractivity contribution is 0.0604. The van der Waals surface area contributed by atoms with Crippen molar-refractivity contribution in [3.63, 3.8) is 0 Å². The zero-order valence-electron chi connectivity index (χ0n) is 12.2. The fourth-order valence-corrected chi connectivity index (χ4v) is 1.16. The first-order valence-electron chi connectivity index (χ1n) is 6.16. The number of nitrogens with zero attached hydrogens (tertiary/aromatic N) is 3. The number of aliphatic imine (C=N–C) groups is 1. The van der Waals surface area contributed by atoms with Crippen molar-refractivity contribution in [3.8, 4) is 5.88 Å². The van der Waals surface area contributed by atoms with Crippen molar-refractivity contribution in [2.24, 2.45) is 16.6 Å². The monoisotopic (exact) mass is 297 g/mol. The van der Waals surface area contributed by atoms with Crippen LogP contribution in [0.2, 0.25) is 0 Å². The highest BCUT2D eigenvalue weighted by Crippen LogP contribution is 2.09. The molecule has 0 unspecified atom stereocenters. The van der Waals surface area contributed by atoms with Gasteiger partial charge in [-0.2, -0.15) is 4.99 Å². The summed E-state index contributed by atoms with van der Waals surface area (Å²) in [5, 5.41) is 0. The molecule has 1 amide bonds. The largest absolute Gasteiger partial charge is 0.474 e. The van der Waals surface area contributed by atoms with Crippen LogP contribution >= 0.6 is 0 Å².